The highest BCUT2D eigenvalue weighted by molar-refractivity contribution is 7.92. The Bertz CT molecular complexity index is 1420. The minimum atomic E-state index is -3.93. The number of carbonyl (C=O) groups excluding carboxylic acids is 2. The van der Waals surface area contributed by atoms with E-state index in [0.717, 1.165) is 17.4 Å². The smallest absolute Gasteiger partial charge is 0.411 e. The quantitative estimate of drug-likeness (QED) is 0.404. The standard InChI is InChI=1S/C24H28ClN5O5S/c1-5-6-7-12-36(33,34)29-23(31)21-11-10-20-22(28-21)30(16(4)26-20)14-17-8-9-18(13-19(17)25)27-24(32)35-15(2)3/h7-13,15H,5-6,14H2,1-4H3,(H,27,32)(H,29,31)/b12-7+. The van der Waals surface area contributed by atoms with E-state index >= 15 is 0 Å². The molecule has 3 rings (SSSR count). The lowest BCUT2D eigenvalue weighted by atomic mass is 10.2. The SMILES string of the molecule is CCC/C=C/S(=O)(=O)NC(=O)c1ccc2nc(C)n(Cc3ccc(NC(=O)OC(C)C)cc3Cl)c2n1. The van der Waals surface area contributed by atoms with E-state index in [1.807, 2.05) is 11.6 Å². The first-order valence-electron chi connectivity index (χ1n) is 11.3. The molecule has 0 spiro atoms. The zero-order valence-electron chi connectivity index (χ0n) is 20.4. The molecule has 0 saturated carbocycles. The van der Waals surface area contributed by atoms with Crippen molar-refractivity contribution in [3.63, 3.8) is 0 Å². The van der Waals surface area contributed by atoms with Gasteiger partial charge in [-0.15, -0.1) is 0 Å². The van der Waals surface area contributed by atoms with Crippen LogP contribution in [-0.4, -0.2) is 41.1 Å². The Morgan fingerprint density at radius 3 is 2.61 bits per heavy atom. The van der Waals surface area contributed by atoms with Crippen molar-refractivity contribution in [3.8, 4) is 0 Å². The highest BCUT2D eigenvalue weighted by Crippen LogP contribution is 2.24. The van der Waals surface area contributed by atoms with Gasteiger partial charge in [0.15, 0.2) is 5.65 Å². The first kappa shape index (κ1) is 27.2. The van der Waals surface area contributed by atoms with Crippen molar-refractivity contribution in [2.45, 2.75) is 53.2 Å². The Balaban J connectivity index is 1.84. The zero-order valence-corrected chi connectivity index (χ0v) is 22.0. The Morgan fingerprint density at radius 1 is 1.19 bits per heavy atom. The second-order valence-electron chi connectivity index (χ2n) is 8.31. The molecule has 12 heteroatoms. The van der Waals surface area contributed by atoms with Gasteiger partial charge < -0.3 is 9.30 Å². The summed E-state index contributed by atoms with van der Waals surface area (Å²) in [6.45, 7) is 7.49. The Hall–Kier alpha value is -3.44. The van der Waals surface area contributed by atoms with Crippen LogP contribution in [0.15, 0.2) is 41.8 Å². The molecular weight excluding hydrogens is 506 g/mol. The fraction of sp³-hybridized carbons (Fsp3) is 0.333. The molecule has 0 aliphatic carbocycles. The summed E-state index contributed by atoms with van der Waals surface area (Å²) in [5.41, 5.74) is 2.08. The molecule has 0 aliphatic heterocycles. The molecule has 3 aromatic rings. The van der Waals surface area contributed by atoms with Crippen LogP contribution in [0.3, 0.4) is 0 Å². The van der Waals surface area contributed by atoms with Crippen LogP contribution in [0.25, 0.3) is 11.2 Å². The number of benzene rings is 1. The van der Waals surface area contributed by atoms with E-state index in [1.165, 1.54) is 12.1 Å². The zero-order chi connectivity index (χ0) is 26.5. The maximum atomic E-state index is 12.6. The second kappa shape index (κ2) is 11.5. The molecule has 2 amide bonds. The number of amides is 2. The van der Waals surface area contributed by atoms with Gasteiger partial charge in [-0.05, 0) is 57.0 Å². The monoisotopic (exact) mass is 533 g/mol. The molecule has 2 heterocycles. The van der Waals surface area contributed by atoms with Gasteiger partial charge in [-0.2, -0.15) is 0 Å². The highest BCUT2D eigenvalue weighted by Gasteiger charge is 2.18. The number of aromatic nitrogens is 3. The van der Waals surface area contributed by atoms with Crippen LogP contribution < -0.4 is 10.0 Å². The molecule has 36 heavy (non-hydrogen) atoms. The van der Waals surface area contributed by atoms with Gasteiger partial charge in [0.1, 0.15) is 17.0 Å². The van der Waals surface area contributed by atoms with Crippen molar-refractivity contribution in [1.29, 1.82) is 0 Å². The lowest BCUT2D eigenvalue weighted by Crippen LogP contribution is -2.29. The predicted octanol–water partition coefficient (Wildman–Crippen LogP) is 4.77. The van der Waals surface area contributed by atoms with Crippen molar-refractivity contribution in [2.75, 3.05) is 5.32 Å². The maximum absolute atomic E-state index is 12.6. The molecular formula is C24H28ClN5O5S. The average Bonchev–Trinajstić information content (AvgIpc) is 3.09. The van der Waals surface area contributed by atoms with E-state index in [1.54, 1.807) is 49.6 Å². The summed E-state index contributed by atoms with van der Waals surface area (Å²) < 4.78 is 33.1. The Labute approximate surface area is 214 Å². The summed E-state index contributed by atoms with van der Waals surface area (Å²) in [7, 11) is -3.93. The second-order valence-corrected chi connectivity index (χ2v) is 10.3. The van der Waals surface area contributed by atoms with Gasteiger partial charge in [0.05, 0.1) is 12.6 Å². The number of aryl methyl sites for hydroxylation is 1. The third-order valence-electron chi connectivity index (χ3n) is 4.95. The molecule has 1 aromatic carbocycles. The van der Waals surface area contributed by atoms with E-state index < -0.39 is 22.0 Å². The lowest BCUT2D eigenvalue weighted by Gasteiger charge is -2.12. The number of hydrogen-bond acceptors (Lipinski definition) is 7. The normalized spacial score (nSPS) is 11.8. The number of imidazole rings is 1. The number of carbonyl (C=O) groups is 2. The van der Waals surface area contributed by atoms with Crippen LogP contribution in [0.5, 0.6) is 0 Å². The Morgan fingerprint density at radius 2 is 1.94 bits per heavy atom. The van der Waals surface area contributed by atoms with Crippen LogP contribution in [0.2, 0.25) is 5.02 Å². The molecule has 0 radical (unpaired) electrons. The van der Waals surface area contributed by atoms with Crippen LogP contribution in [0.1, 0.15) is 55.5 Å². The lowest BCUT2D eigenvalue weighted by molar-refractivity contribution is 0.0977. The largest absolute Gasteiger partial charge is 0.447 e. The summed E-state index contributed by atoms with van der Waals surface area (Å²) in [4.78, 5) is 33.3. The van der Waals surface area contributed by atoms with E-state index in [0.29, 0.717) is 34.1 Å². The Kier molecular flexibility index (Phi) is 8.70. The van der Waals surface area contributed by atoms with Crippen molar-refractivity contribution < 1.29 is 22.7 Å². The van der Waals surface area contributed by atoms with Crippen molar-refractivity contribution in [2.24, 2.45) is 0 Å². The number of pyridine rings is 1. The number of fused-ring (bicyclic) bond motifs is 1. The summed E-state index contributed by atoms with van der Waals surface area (Å²) in [5.74, 6) is -0.214. The number of sulfonamides is 1. The van der Waals surface area contributed by atoms with Gasteiger partial charge in [-0.25, -0.2) is 27.9 Å². The van der Waals surface area contributed by atoms with Crippen molar-refractivity contribution in [3.05, 3.63) is 63.9 Å². The molecule has 0 bridgehead atoms. The highest BCUT2D eigenvalue weighted by atomic mass is 35.5. The van der Waals surface area contributed by atoms with Gasteiger partial charge in [0.2, 0.25) is 0 Å². The average molecular weight is 534 g/mol. The molecule has 0 aliphatic rings. The number of ether oxygens (including phenoxy) is 1. The number of anilines is 1. The number of halogens is 1. The maximum Gasteiger partial charge on any atom is 0.411 e. The molecule has 0 saturated heterocycles. The predicted molar refractivity (Wildman–Crippen MR) is 138 cm³/mol. The van der Waals surface area contributed by atoms with Crippen molar-refractivity contribution >= 4 is 50.5 Å². The molecule has 0 unspecified atom stereocenters. The van der Waals surface area contributed by atoms with Crippen molar-refractivity contribution in [1.82, 2.24) is 19.3 Å². The van der Waals surface area contributed by atoms with E-state index in [-0.39, 0.29) is 18.3 Å². The first-order valence-corrected chi connectivity index (χ1v) is 13.2. The molecule has 0 fully saturated rings. The summed E-state index contributed by atoms with van der Waals surface area (Å²) in [5, 5.41) is 4.00. The number of unbranched alkanes of at least 4 members (excludes halogenated alkanes) is 1. The first-order chi connectivity index (χ1) is 17.0. The van der Waals surface area contributed by atoms with Crippen LogP contribution in [-0.2, 0) is 21.3 Å². The van der Waals surface area contributed by atoms with Crippen LogP contribution in [0.4, 0.5) is 10.5 Å². The number of nitrogens with zero attached hydrogens (tertiary/aromatic N) is 3. The molecule has 10 nitrogen and oxygen atoms in total. The van der Waals surface area contributed by atoms with Crippen LogP contribution in [0, 0.1) is 6.92 Å². The van der Waals surface area contributed by atoms with Gasteiger partial charge in [-0.1, -0.05) is 37.1 Å². The topological polar surface area (TPSA) is 132 Å². The number of rotatable bonds is 9. The van der Waals surface area contributed by atoms with Gasteiger partial charge in [-0.3, -0.25) is 10.1 Å². The minimum Gasteiger partial charge on any atom is -0.447 e. The van der Waals surface area contributed by atoms with E-state index in [4.69, 9.17) is 16.3 Å². The van der Waals surface area contributed by atoms with Gasteiger partial charge in [0, 0.05) is 16.1 Å². The molecule has 2 aromatic heterocycles. The van der Waals surface area contributed by atoms with E-state index in [2.05, 4.69) is 15.3 Å². The third kappa shape index (κ3) is 7.05. The third-order valence-corrected chi connectivity index (χ3v) is 6.32. The molecule has 192 valence electrons. The van der Waals surface area contributed by atoms with Gasteiger partial charge in [0.25, 0.3) is 15.9 Å². The number of allylic oxidation sites excluding steroid dienone is 1. The number of nitrogens with one attached hydrogen (secondary N) is 2. The molecule has 2 N–H and O–H groups in total. The fourth-order valence-corrected chi connectivity index (χ4v) is 4.35. The summed E-state index contributed by atoms with van der Waals surface area (Å²) in [6, 6.07) is 8.08. The van der Waals surface area contributed by atoms with Crippen LogP contribution >= 0.6 is 11.6 Å². The minimum absolute atomic E-state index is 0.0644. The van der Waals surface area contributed by atoms with E-state index in [9.17, 15) is 18.0 Å². The fourth-order valence-electron chi connectivity index (χ4n) is 3.29. The molecule has 0 atom stereocenters. The summed E-state index contributed by atoms with van der Waals surface area (Å²) in [6.07, 6.45) is 2.02. The summed E-state index contributed by atoms with van der Waals surface area (Å²) >= 11 is 6.46. The number of hydrogen-bond donors (Lipinski definition) is 2. The van der Waals surface area contributed by atoms with Gasteiger partial charge >= 0.3 is 6.09 Å².